The van der Waals surface area contributed by atoms with Gasteiger partial charge in [-0.15, -0.1) is 0 Å². The van der Waals surface area contributed by atoms with E-state index in [0.717, 1.165) is 22.8 Å². The molecule has 1 unspecified atom stereocenters. The fourth-order valence-corrected chi connectivity index (χ4v) is 2.47. The summed E-state index contributed by atoms with van der Waals surface area (Å²) in [7, 11) is 0. The highest BCUT2D eigenvalue weighted by atomic mass is 19.4. The number of halogens is 3. The predicted octanol–water partition coefficient (Wildman–Crippen LogP) is 1.67. The lowest BCUT2D eigenvalue weighted by Gasteiger charge is -2.12. The molecule has 2 aromatic rings. The summed E-state index contributed by atoms with van der Waals surface area (Å²) in [6.07, 6.45) is -4.01. The molecule has 0 spiro atoms. The first-order chi connectivity index (χ1) is 9.88. The number of hydrogen-bond donors (Lipinski definition) is 1. The van der Waals surface area contributed by atoms with Crippen LogP contribution in [0.2, 0.25) is 0 Å². The summed E-state index contributed by atoms with van der Waals surface area (Å²) in [5.41, 5.74) is -2.35. The quantitative estimate of drug-likeness (QED) is 0.871. The van der Waals surface area contributed by atoms with Crippen molar-refractivity contribution >= 4 is 10.9 Å². The Morgan fingerprint density at radius 1 is 1.29 bits per heavy atom. The molecule has 112 valence electrons. The number of aromatic nitrogens is 2. The molecule has 0 amide bonds. The highest BCUT2D eigenvalue weighted by Gasteiger charge is 2.31. The number of hydrogen-bond acceptors (Lipinski definition) is 3. The van der Waals surface area contributed by atoms with Gasteiger partial charge in [0.05, 0.1) is 29.1 Å². The molecule has 1 saturated heterocycles. The minimum atomic E-state index is -4.53. The molecule has 1 aliphatic heterocycles. The molecular formula is C13H11F3N2O3. The molecule has 5 nitrogen and oxygen atoms in total. The molecule has 1 aliphatic rings. The van der Waals surface area contributed by atoms with Gasteiger partial charge in [-0.25, -0.2) is 4.79 Å². The van der Waals surface area contributed by atoms with Gasteiger partial charge < -0.3 is 9.72 Å². The van der Waals surface area contributed by atoms with Crippen molar-refractivity contribution in [2.45, 2.75) is 18.6 Å². The van der Waals surface area contributed by atoms with Crippen LogP contribution in [0.5, 0.6) is 0 Å². The van der Waals surface area contributed by atoms with Crippen LogP contribution in [0.4, 0.5) is 13.2 Å². The van der Waals surface area contributed by atoms with Gasteiger partial charge in [0, 0.05) is 6.61 Å². The number of ether oxygens (including phenoxy) is 1. The van der Waals surface area contributed by atoms with Crippen LogP contribution in [0.3, 0.4) is 0 Å². The number of alkyl halides is 3. The Kier molecular flexibility index (Phi) is 3.12. The van der Waals surface area contributed by atoms with Crippen LogP contribution in [-0.4, -0.2) is 22.8 Å². The number of nitrogens with one attached hydrogen (secondary N) is 1. The van der Waals surface area contributed by atoms with Crippen LogP contribution in [0.25, 0.3) is 10.9 Å². The van der Waals surface area contributed by atoms with Crippen LogP contribution in [0, 0.1) is 0 Å². The molecule has 1 aromatic heterocycles. The van der Waals surface area contributed by atoms with Crippen molar-refractivity contribution < 1.29 is 17.9 Å². The van der Waals surface area contributed by atoms with Gasteiger partial charge >= 0.3 is 11.9 Å². The highest BCUT2D eigenvalue weighted by Crippen LogP contribution is 2.30. The van der Waals surface area contributed by atoms with E-state index in [2.05, 4.69) is 4.98 Å². The molecule has 8 heteroatoms. The second-order valence-electron chi connectivity index (χ2n) is 4.88. The minimum absolute atomic E-state index is 0.0505. The lowest BCUT2D eigenvalue weighted by atomic mass is 10.1. The lowest BCUT2D eigenvalue weighted by molar-refractivity contribution is -0.137. The second-order valence-corrected chi connectivity index (χ2v) is 4.88. The molecule has 1 aromatic carbocycles. The molecule has 3 rings (SSSR count). The number of fused-ring (bicyclic) bond motifs is 1. The van der Waals surface area contributed by atoms with Crippen molar-refractivity contribution in [1.82, 2.24) is 9.55 Å². The van der Waals surface area contributed by atoms with Gasteiger partial charge in [-0.2, -0.15) is 13.2 Å². The van der Waals surface area contributed by atoms with Gasteiger partial charge in [-0.05, 0) is 24.6 Å². The van der Waals surface area contributed by atoms with Crippen molar-refractivity contribution in [2.75, 3.05) is 13.2 Å². The van der Waals surface area contributed by atoms with Crippen LogP contribution in [-0.2, 0) is 10.9 Å². The third-order valence-electron chi connectivity index (χ3n) is 3.53. The normalized spacial score (nSPS) is 19.3. The first-order valence-corrected chi connectivity index (χ1v) is 6.31. The molecule has 0 bridgehead atoms. The number of rotatable bonds is 1. The largest absolute Gasteiger partial charge is 0.416 e. The Morgan fingerprint density at radius 2 is 2.05 bits per heavy atom. The van der Waals surface area contributed by atoms with Crippen molar-refractivity contribution in [3.05, 3.63) is 44.6 Å². The molecule has 1 N–H and O–H groups in total. The Balaban J connectivity index is 2.22. The summed E-state index contributed by atoms with van der Waals surface area (Å²) in [6.45, 7) is 0.691. The molecule has 0 radical (unpaired) electrons. The van der Waals surface area contributed by atoms with E-state index in [1.54, 1.807) is 0 Å². The van der Waals surface area contributed by atoms with Gasteiger partial charge in [0.1, 0.15) is 0 Å². The lowest BCUT2D eigenvalue weighted by Crippen LogP contribution is -2.38. The summed E-state index contributed by atoms with van der Waals surface area (Å²) in [4.78, 5) is 26.6. The maximum absolute atomic E-state index is 12.6. The van der Waals surface area contributed by atoms with E-state index in [9.17, 15) is 22.8 Å². The average molecular weight is 300 g/mol. The number of nitrogens with zero attached hydrogens (tertiary/aromatic N) is 1. The van der Waals surface area contributed by atoms with Crippen molar-refractivity contribution in [3.63, 3.8) is 0 Å². The van der Waals surface area contributed by atoms with Gasteiger partial charge in [0.25, 0.3) is 5.56 Å². The fraction of sp³-hybridized carbons (Fsp3) is 0.385. The van der Waals surface area contributed by atoms with Crippen molar-refractivity contribution in [2.24, 2.45) is 0 Å². The standard InChI is InChI=1S/C13H11F3N2O3/c14-13(15,16)7-1-2-9-10(5-7)17-12(20)18(11(9)19)8-3-4-21-6-8/h1-2,5,8H,3-4,6H2,(H,17,20). The first-order valence-electron chi connectivity index (χ1n) is 6.31. The molecular weight excluding hydrogens is 289 g/mol. The van der Waals surface area contributed by atoms with Gasteiger partial charge in [0.15, 0.2) is 0 Å². The van der Waals surface area contributed by atoms with E-state index in [4.69, 9.17) is 4.74 Å². The van der Waals surface area contributed by atoms with E-state index in [0.29, 0.717) is 13.0 Å². The summed E-state index contributed by atoms with van der Waals surface area (Å²) < 4.78 is 44.1. The Hall–Kier alpha value is -2.09. The van der Waals surface area contributed by atoms with Crippen LogP contribution in [0.1, 0.15) is 18.0 Å². The molecule has 21 heavy (non-hydrogen) atoms. The Labute approximate surface area is 116 Å². The zero-order valence-electron chi connectivity index (χ0n) is 10.7. The maximum Gasteiger partial charge on any atom is 0.416 e. The highest BCUT2D eigenvalue weighted by molar-refractivity contribution is 5.78. The molecule has 1 atom stereocenters. The maximum atomic E-state index is 12.6. The zero-order valence-corrected chi connectivity index (χ0v) is 10.7. The topological polar surface area (TPSA) is 64.1 Å². The summed E-state index contributed by atoms with van der Waals surface area (Å²) in [5, 5.41) is 0.0505. The van der Waals surface area contributed by atoms with E-state index >= 15 is 0 Å². The van der Waals surface area contributed by atoms with E-state index < -0.39 is 23.0 Å². The van der Waals surface area contributed by atoms with Crippen LogP contribution >= 0.6 is 0 Å². The third kappa shape index (κ3) is 2.35. The van der Waals surface area contributed by atoms with E-state index in [1.165, 1.54) is 0 Å². The first kappa shape index (κ1) is 13.9. The monoisotopic (exact) mass is 300 g/mol. The second kappa shape index (κ2) is 4.73. The zero-order chi connectivity index (χ0) is 15.2. The predicted molar refractivity (Wildman–Crippen MR) is 68.3 cm³/mol. The Morgan fingerprint density at radius 3 is 2.67 bits per heavy atom. The van der Waals surface area contributed by atoms with E-state index in [-0.39, 0.29) is 23.6 Å². The molecule has 1 fully saturated rings. The van der Waals surface area contributed by atoms with Gasteiger partial charge in [-0.3, -0.25) is 9.36 Å². The van der Waals surface area contributed by atoms with E-state index in [1.807, 2.05) is 0 Å². The molecule has 2 heterocycles. The van der Waals surface area contributed by atoms with Crippen LogP contribution < -0.4 is 11.2 Å². The van der Waals surface area contributed by atoms with Gasteiger partial charge in [0.2, 0.25) is 0 Å². The fourth-order valence-electron chi connectivity index (χ4n) is 2.47. The summed E-state index contributed by atoms with van der Waals surface area (Å²) in [6, 6.07) is 2.31. The van der Waals surface area contributed by atoms with Gasteiger partial charge in [-0.1, -0.05) is 0 Å². The number of aromatic amines is 1. The van der Waals surface area contributed by atoms with Crippen LogP contribution in [0.15, 0.2) is 27.8 Å². The molecule has 0 saturated carbocycles. The van der Waals surface area contributed by atoms with Crippen molar-refractivity contribution in [1.29, 1.82) is 0 Å². The molecule has 0 aliphatic carbocycles. The summed E-state index contributed by atoms with van der Waals surface area (Å²) >= 11 is 0. The minimum Gasteiger partial charge on any atom is -0.379 e. The third-order valence-corrected chi connectivity index (χ3v) is 3.53. The Bertz CT molecular complexity index is 801. The number of H-pyrrole nitrogens is 1. The SMILES string of the molecule is O=c1[nH]c2cc(C(F)(F)F)ccc2c(=O)n1C1CCOC1. The smallest absolute Gasteiger partial charge is 0.379 e. The van der Waals surface area contributed by atoms with Crippen molar-refractivity contribution in [3.8, 4) is 0 Å². The summed E-state index contributed by atoms with van der Waals surface area (Å²) in [5.74, 6) is 0. The average Bonchev–Trinajstić information content (AvgIpc) is 2.90. The number of benzene rings is 1.